The first-order valence-corrected chi connectivity index (χ1v) is 25.3. The van der Waals surface area contributed by atoms with Crippen LogP contribution in [-0.4, -0.2) is 19.6 Å². The maximum atomic E-state index is 12.7. The van der Waals surface area contributed by atoms with Gasteiger partial charge in [0.2, 0.25) is 0 Å². The molecule has 0 aliphatic carbocycles. The van der Waals surface area contributed by atoms with Gasteiger partial charge in [0.15, 0.2) is 0 Å². The van der Waals surface area contributed by atoms with Crippen molar-refractivity contribution in [3.63, 3.8) is 0 Å². The molecule has 0 saturated heterocycles. The van der Waals surface area contributed by atoms with Crippen LogP contribution in [0.25, 0.3) is 83.9 Å². The van der Waals surface area contributed by atoms with E-state index in [9.17, 15) is 5.11 Å². The predicted molar refractivity (Wildman–Crippen MR) is 302 cm³/mol. The van der Waals surface area contributed by atoms with Crippen LogP contribution < -0.4 is 0 Å². The summed E-state index contributed by atoms with van der Waals surface area (Å²) in [6.45, 7) is 31.9. The van der Waals surface area contributed by atoms with Crippen LogP contribution in [0.2, 0.25) is 0 Å². The zero-order chi connectivity index (χ0) is 50.8. The summed E-state index contributed by atoms with van der Waals surface area (Å²) in [5, 5.41) is 12.7. The molecule has 0 fully saturated rings. The van der Waals surface area contributed by atoms with Crippen molar-refractivity contribution in [2.45, 2.75) is 119 Å². The molecule has 360 valence electrons. The van der Waals surface area contributed by atoms with Crippen LogP contribution in [-0.2, 0) is 21.7 Å². The van der Waals surface area contributed by atoms with Gasteiger partial charge < -0.3 is 5.11 Å². The fourth-order valence-corrected chi connectivity index (χ4v) is 9.52. The Kier molecular flexibility index (Phi) is 12.4. The van der Waals surface area contributed by atoms with E-state index in [2.05, 4.69) is 247 Å². The maximum absolute atomic E-state index is 12.7. The molecule has 0 spiro atoms. The molecule has 9 rings (SSSR count). The maximum Gasteiger partial charge on any atom is 0.149 e. The van der Waals surface area contributed by atoms with Crippen molar-refractivity contribution in [1.82, 2.24) is 14.5 Å². The molecule has 0 atom stereocenters. The molecule has 0 aliphatic rings. The van der Waals surface area contributed by atoms with Gasteiger partial charge in [0.25, 0.3) is 0 Å². The quantitative estimate of drug-likeness (QED) is 0.165. The Bertz CT molecular complexity index is 3400. The number of para-hydroxylation sites is 1. The summed E-state index contributed by atoms with van der Waals surface area (Å²) in [5.41, 5.74) is 18.2. The number of rotatable bonds is 8. The van der Waals surface area contributed by atoms with Gasteiger partial charge in [0.05, 0.1) is 28.0 Å². The van der Waals surface area contributed by atoms with Crippen LogP contribution in [0.4, 0.5) is 0 Å². The second-order valence-electron chi connectivity index (χ2n) is 24.3. The van der Waals surface area contributed by atoms with Crippen molar-refractivity contribution in [3.8, 4) is 78.6 Å². The zero-order valence-electron chi connectivity index (χ0n) is 44.5. The van der Waals surface area contributed by atoms with E-state index in [0.29, 0.717) is 11.4 Å². The molecule has 0 bridgehead atoms. The molecular weight excluding hydrogens is 863 g/mol. The Labute approximate surface area is 423 Å². The number of phenolic OH excluding ortho intramolecular Hbond substituents is 1. The number of nitrogens with zero attached hydrogens (tertiary/aromatic N) is 3. The number of benzene rings is 7. The van der Waals surface area contributed by atoms with E-state index < -0.39 is 0 Å². The number of aromatic nitrogens is 3. The molecule has 0 unspecified atom stereocenters. The first-order chi connectivity index (χ1) is 33.4. The summed E-state index contributed by atoms with van der Waals surface area (Å²) in [4.78, 5) is 10.8. The minimum atomic E-state index is -0.223. The van der Waals surface area contributed by atoms with Gasteiger partial charge in [-0.2, -0.15) is 0 Å². The highest BCUT2D eigenvalue weighted by Crippen LogP contribution is 2.47. The fraction of sp³-hybridized carbons (Fsp3) is 0.284. The molecule has 9 aromatic rings. The van der Waals surface area contributed by atoms with E-state index in [0.717, 1.165) is 78.0 Å². The van der Waals surface area contributed by atoms with Gasteiger partial charge in [-0.1, -0.05) is 206 Å². The van der Waals surface area contributed by atoms with E-state index >= 15 is 0 Å². The number of pyridine rings is 1. The Hall–Kier alpha value is -7.04. The first kappa shape index (κ1) is 49.0. The molecule has 2 heterocycles. The van der Waals surface area contributed by atoms with E-state index in [4.69, 9.17) is 9.97 Å². The van der Waals surface area contributed by atoms with Crippen LogP contribution >= 0.6 is 0 Å². The monoisotopic (exact) mass is 934 g/mol. The number of imidazole rings is 1. The molecule has 0 radical (unpaired) electrons. The molecule has 71 heavy (non-hydrogen) atoms. The fourth-order valence-electron chi connectivity index (χ4n) is 9.52. The van der Waals surface area contributed by atoms with Gasteiger partial charge in [-0.25, -0.2) is 4.98 Å². The highest BCUT2D eigenvalue weighted by molar-refractivity contribution is 5.98. The highest BCUT2D eigenvalue weighted by atomic mass is 16.3. The van der Waals surface area contributed by atoms with Gasteiger partial charge in [0, 0.05) is 28.5 Å². The lowest BCUT2D eigenvalue weighted by molar-refractivity contribution is 0.225. The van der Waals surface area contributed by atoms with E-state index in [1.54, 1.807) is 0 Å². The highest BCUT2D eigenvalue weighted by Gasteiger charge is 2.34. The molecule has 2 aromatic heterocycles. The van der Waals surface area contributed by atoms with Crippen LogP contribution in [0.1, 0.15) is 119 Å². The van der Waals surface area contributed by atoms with Crippen LogP contribution in [0, 0.1) is 5.41 Å². The second kappa shape index (κ2) is 18.0. The number of hydrogen-bond acceptors (Lipinski definition) is 3. The lowest BCUT2D eigenvalue weighted by Gasteiger charge is -2.39. The average molecular weight is 934 g/mol. The average Bonchev–Trinajstić information content (AvgIpc) is 3.72. The lowest BCUT2D eigenvalue weighted by Crippen LogP contribution is -2.33. The standard InChI is InChI=1S/C67H71N3O/c1-63(2,3)50-32-33-58(54(40-50)44-22-17-15-18-23-44)70-59-27-21-26-53(60(59)69-62(70)56-42-52(65(7,8)9)41-55(61(56)71)45-24-19-16-20-25-45)47-36-48(38-51(37-47)64(4,5)6)57-39-46(34-35-68-57)43-28-30-49(31-29-43)67(13,14)66(10,11)12/h15-42,71H,1-14H3. The van der Waals surface area contributed by atoms with Gasteiger partial charge in [-0.05, 0) is 132 Å². The molecule has 0 saturated carbocycles. The Morgan fingerprint density at radius 2 is 0.944 bits per heavy atom. The third-order valence-electron chi connectivity index (χ3n) is 15.2. The number of hydrogen-bond donors (Lipinski definition) is 1. The van der Waals surface area contributed by atoms with Crippen LogP contribution in [0.5, 0.6) is 5.75 Å². The van der Waals surface area contributed by atoms with Crippen LogP contribution in [0.3, 0.4) is 0 Å². The topological polar surface area (TPSA) is 50.9 Å². The summed E-state index contributed by atoms with van der Waals surface area (Å²) in [6, 6.07) is 58.9. The number of aromatic hydroxyl groups is 1. The van der Waals surface area contributed by atoms with E-state index in [1.807, 2.05) is 24.4 Å². The lowest BCUT2D eigenvalue weighted by atomic mass is 9.65. The van der Waals surface area contributed by atoms with Gasteiger partial charge in [0.1, 0.15) is 11.6 Å². The molecule has 4 nitrogen and oxygen atoms in total. The summed E-state index contributed by atoms with van der Waals surface area (Å²) in [6.07, 6.45) is 1.94. The summed E-state index contributed by atoms with van der Waals surface area (Å²) in [7, 11) is 0. The number of fused-ring (bicyclic) bond motifs is 1. The summed E-state index contributed by atoms with van der Waals surface area (Å²) < 4.78 is 2.29. The molecule has 0 aliphatic heterocycles. The molecular formula is C67H71N3O. The Morgan fingerprint density at radius 1 is 0.394 bits per heavy atom. The number of phenols is 1. The summed E-state index contributed by atoms with van der Waals surface area (Å²) >= 11 is 0. The minimum absolute atomic E-state index is 0.0151. The Balaban J connectivity index is 1.30. The normalized spacial score (nSPS) is 12.7. The van der Waals surface area contributed by atoms with Crippen molar-refractivity contribution >= 4 is 11.0 Å². The largest absolute Gasteiger partial charge is 0.507 e. The first-order valence-electron chi connectivity index (χ1n) is 25.3. The van der Waals surface area contributed by atoms with Gasteiger partial charge in [-0.3, -0.25) is 9.55 Å². The third kappa shape index (κ3) is 9.50. The Morgan fingerprint density at radius 3 is 1.55 bits per heavy atom. The second-order valence-corrected chi connectivity index (χ2v) is 24.3. The van der Waals surface area contributed by atoms with Crippen molar-refractivity contribution in [1.29, 1.82) is 0 Å². The zero-order valence-corrected chi connectivity index (χ0v) is 44.5. The molecule has 0 amide bonds. The van der Waals surface area contributed by atoms with E-state index in [1.165, 1.54) is 16.7 Å². The van der Waals surface area contributed by atoms with Crippen molar-refractivity contribution in [3.05, 3.63) is 192 Å². The van der Waals surface area contributed by atoms with Crippen molar-refractivity contribution in [2.75, 3.05) is 0 Å². The molecule has 1 N–H and O–H groups in total. The van der Waals surface area contributed by atoms with E-state index in [-0.39, 0.29) is 32.8 Å². The SMILES string of the molecule is CC(C)(C)c1cc(-c2cc(-c3ccc(C(C)(C)C(C)(C)C)cc3)ccn2)cc(-c2cccc3c2nc(-c2cc(C(C)(C)C)cc(-c4ccccc4)c2O)n3-c2ccc(C(C)(C)C)cc2-c2ccccc2)c1. The minimum Gasteiger partial charge on any atom is -0.507 e. The molecule has 7 aromatic carbocycles. The van der Waals surface area contributed by atoms with Gasteiger partial charge in [-0.15, -0.1) is 0 Å². The third-order valence-corrected chi connectivity index (χ3v) is 15.2. The molecule has 4 heteroatoms. The predicted octanol–water partition coefficient (Wildman–Crippen LogP) is 18.3. The summed E-state index contributed by atoms with van der Waals surface area (Å²) in [5.74, 6) is 0.873. The van der Waals surface area contributed by atoms with Gasteiger partial charge >= 0.3 is 0 Å². The van der Waals surface area contributed by atoms with Crippen molar-refractivity contribution in [2.24, 2.45) is 5.41 Å². The van der Waals surface area contributed by atoms with Crippen LogP contribution in [0.15, 0.2) is 170 Å². The smallest absolute Gasteiger partial charge is 0.149 e. The van der Waals surface area contributed by atoms with Crippen molar-refractivity contribution < 1.29 is 5.11 Å².